The van der Waals surface area contributed by atoms with Crippen molar-refractivity contribution >= 4 is 23.3 Å². The molecule has 37 heavy (non-hydrogen) atoms. The van der Waals surface area contributed by atoms with Crippen molar-refractivity contribution in [3.8, 4) is 11.8 Å². The van der Waals surface area contributed by atoms with Crippen LogP contribution in [0.15, 0.2) is 97.2 Å². The molecule has 4 aromatic rings. The van der Waals surface area contributed by atoms with Crippen LogP contribution in [0.2, 0.25) is 0 Å². The van der Waals surface area contributed by atoms with Gasteiger partial charge in [-0.1, -0.05) is 48.5 Å². The fraction of sp³-hybridized carbons (Fsp3) is 0.167. The maximum absolute atomic E-state index is 14.1. The number of anilines is 2. The zero-order chi connectivity index (χ0) is 25.4. The van der Waals surface area contributed by atoms with E-state index in [-0.39, 0.29) is 30.6 Å². The Morgan fingerprint density at radius 3 is 2.43 bits per heavy atom. The van der Waals surface area contributed by atoms with Crippen LogP contribution >= 0.6 is 0 Å². The fourth-order valence-corrected chi connectivity index (χ4v) is 5.05. The Balaban J connectivity index is 1.34. The zero-order valence-corrected chi connectivity index (χ0v) is 20.1. The molecule has 1 aliphatic carbocycles. The van der Waals surface area contributed by atoms with E-state index in [0.29, 0.717) is 11.3 Å². The van der Waals surface area contributed by atoms with Gasteiger partial charge >= 0.3 is 6.03 Å². The third-order valence-electron chi connectivity index (χ3n) is 6.90. The molecule has 1 atom stereocenters. The van der Waals surface area contributed by atoms with Crippen LogP contribution in [-0.2, 0) is 4.79 Å². The maximum atomic E-state index is 14.1. The standard InChI is InChI=1S/C30H25N5O2/c31-19-21-8-6-11-23(18-21)32-30(37)34(24-15-16-24)20-28(36)35-26-13-5-4-12-25(26)33-17-7-14-27(33)29(35)22-9-2-1-3-10-22/h1-14,17-18,24,29H,15-16,20H2,(H,32,37). The molecule has 0 saturated heterocycles. The third kappa shape index (κ3) is 4.23. The number of amides is 3. The fourth-order valence-electron chi connectivity index (χ4n) is 5.05. The van der Waals surface area contributed by atoms with E-state index in [9.17, 15) is 14.9 Å². The number of fused-ring (bicyclic) bond motifs is 3. The number of rotatable bonds is 5. The van der Waals surface area contributed by atoms with Gasteiger partial charge in [-0.25, -0.2) is 4.79 Å². The topological polar surface area (TPSA) is 81.4 Å². The summed E-state index contributed by atoms with van der Waals surface area (Å²) in [6, 6.07) is 30.1. The van der Waals surface area contributed by atoms with Gasteiger partial charge < -0.3 is 14.8 Å². The molecule has 2 heterocycles. The van der Waals surface area contributed by atoms with Crippen LogP contribution in [0.4, 0.5) is 16.2 Å². The summed E-state index contributed by atoms with van der Waals surface area (Å²) in [4.78, 5) is 30.9. The summed E-state index contributed by atoms with van der Waals surface area (Å²) in [5, 5.41) is 12.1. The van der Waals surface area contributed by atoms with E-state index in [1.54, 1.807) is 29.2 Å². The monoisotopic (exact) mass is 487 g/mol. The van der Waals surface area contributed by atoms with Crippen LogP contribution in [0.25, 0.3) is 5.69 Å². The molecule has 0 radical (unpaired) electrons. The molecule has 0 bridgehead atoms. The summed E-state index contributed by atoms with van der Waals surface area (Å²) in [6.07, 6.45) is 3.74. The van der Waals surface area contributed by atoms with Crippen molar-refractivity contribution in [3.05, 3.63) is 114 Å². The van der Waals surface area contributed by atoms with Crippen LogP contribution < -0.4 is 10.2 Å². The highest BCUT2D eigenvalue weighted by Gasteiger charge is 2.40. The summed E-state index contributed by atoms with van der Waals surface area (Å²) < 4.78 is 2.13. The summed E-state index contributed by atoms with van der Waals surface area (Å²) in [6.45, 7) is -0.0488. The second kappa shape index (κ2) is 9.32. The lowest BCUT2D eigenvalue weighted by molar-refractivity contribution is -0.119. The molecule has 1 fully saturated rings. The van der Waals surface area contributed by atoms with Crippen molar-refractivity contribution in [1.82, 2.24) is 9.47 Å². The van der Waals surface area contributed by atoms with Gasteiger partial charge in [0, 0.05) is 17.9 Å². The predicted molar refractivity (Wildman–Crippen MR) is 141 cm³/mol. The highest BCUT2D eigenvalue weighted by molar-refractivity contribution is 6.01. The van der Waals surface area contributed by atoms with Crippen molar-refractivity contribution in [2.75, 3.05) is 16.8 Å². The SMILES string of the molecule is N#Cc1cccc(NC(=O)N(CC(=O)N2c3ccccc3-n3cccc3C2c2ccccc2)C2CC2)c1. The Hall–Kier alpha value is -4.83. The third-order valence-corrected chi connectivity index (χ3v) is 6.90. The quantitative estimate of drug-likeness (QED) is 0.405. The zero-order valence-electron chi connectivity index (χ0n) is 20.1. The molecule has 7 heteroatoms. The lowest BCUT2D eigenvalue weighted by Gasteiger charge is -2.39. The lowest BCUT2D eigenvalue weighted by Crippen LogP contribution is -2.48. The predicted octanol–water partition coefficient (Wildman–Crippen LogP) is 5.48. The van der Waals surface area contributed by atoms with E-state index in [1.165, 1.54) is 0 Å². The number of benzene rings is 3. The summed E-state index contributed by atoms with van der Waals surface area (Å²) in [7, 11) is 0. The van der Waals surface area contributed by atoms with Gasteiger partial charge in [0.1, 0.15) is 12.6 Å². The molecule has 1 unspecified atom stereocenters. The molecule has 1 aromatic heterocycles. The molecular weight excluding hydrogens is 462 g/mol. The molecule has 3 aromatic carbocycles. The van der Waals surface area contributed by atoms with Crippen molar-refractivity contribution < 1.29 is 9.59 Å². The van der Waals surface area contributed by atoms with Crippen molar-refractivity contribution in [2.24, 2.45) is 0 Å². The number of carbonyl (C=O) groups is 2. The van der Waals surface area contributed by atoms with Gasteiger partial charge in [-0.3, -0.25) is 9.69 Å². The van der Waals surface area contributed by atoms with E-state index < -0.39 is 0 Å². The van der Waals surface area contributed by atoms with Gasteiger partial charge in [0.2, 0.25) is 5.91 Å². The highest BCUT2D eigenvalue weighted by Crippen LogP contribution is 2.42. The maximum Gasteiger partial charge on any atom is 0.322 e. The number of hydrogen-bond donors (Lipinski definition) is 1. The Kier molecular flexibility index (Phi) is 5.70. The number of nitriles is 1. The average Bonchev–Trinajstić information content (AvgIpc) is 3.66. The molecule has 1 N–H and O–H groups in total. The highest BCUT2D eigenvalue weighted by atomic mass is 16.2. The molecule has 1 saturated carbocycles. The number of aromatic nitrogens is 1. The van der Waals surface area contributed by atoms with E-state index in [4.69, 9.17) is 0 Å². The minimum absolute atomic E-state index is 0.0159. The van der Waals surface area contributed by atoms with Gasteiger partial charge in [-0.05, 0) is 60.9 Å². The Morgan fingerprint density at radius 2 is 1.68 bits per heavy atom. The number of urea groups is 1. The lowest BCUT2D eigenvalue weighted by atomic mass is 9.97. The van der Waals surface area contributed by atoms with Gasteiger partial charge in [0.05, 0.1) is 28.7 Å². The van der Waals surface area contributed by atoms with Gasteiger partial charge in [-0.2, -0.15) is 5.26 Å². The summed E-state index contributed by atoms with van der Waals surface area (Å²) in [5.41, 5.74) is 4.73. The minimum atomic E-state index is -0.337. The first-order valence-corrected chi connectivity index (χ1v) is 12.4. The largest absolute Gasteiger partial charge is 0.322 e. The average molecular weight is 488 g/mol. The number of nitrogens with one attached hydrogen (secondary N) is 1. The van der Waals surface area contributed by atoms with E-state index >= 15 is 0 Å². The van der Waals surface area contributed by atoms with E-state index in [1.807, 2.05) is 77.8 Å². The van der Waals surface area contributed by atoms with E-state index in [0.717, 1.165) is 35.5 Å². The Bertz CT molecular complexity index is 1520. The molecule has 6 rings (SSSR count). The van der Waals surface area contributed by atoms with Gasteiger partial charge in [0.25, 0.3) is 0 Å². The van der Waals surface area contributed by atoms with Crippen molar-refractivity contribution in [1.29, 1.82) is 5.26 Å². The first kappa shape index (κ1) is 22.6. The molecule has 0 spiro atoms. The number of para-hydroxylation sites is 2. The number of carbonyl (C=O) groups excluding carboxylic acids is 2. The van der Waals surface area contributed by atoms with Crippen LogP contribution in [0.1, 0.15) is 35.7 Å². The van der Waals surface area contributed by atoms with Crippen LogP contribution in [0, 0.1) is 11.3 Å². The molecule has 182 valence electrons. The molecule has 2 aliphatic rings. The molecule has 7 nitrogen and oxygen atoms in total. The second-order valence-corrected chi connectivity index (χ2v) is 9.35. The van der Waals surface area contributed by atoms with Gasteiger partial charge in [-0.15, -0.1) is 0 Å². The Labute approximate surface area is 215 Å². The van der Waals surface area contributed by atoms with Crippen LogP contribution in [0.5, 0.6) is 0 Å². The molecular formula is C30H25N5O2. The van der Waals surface area contributed by atoms with Crippen molar-refractivity contribution in [2.45, 2.75) is 24.9 Å². The van der Waals surface area contributed by atoms with Crippen molar-refractivity contribution in [3.63, 3.8) is 0 Å². The van der Waals surface area contributed by atoms with Gasteiger partial charge in [0.15, 0.2) is 0 Å². The van der Waals surface area contributed by atoms with Crippen LogP contribution in [0.3, 0.4) is 0 Å². The molecule has 3 amide bonds. The summed E-state index contributed by atoms with van der Waals surface area (Å²) >= 11 is 0. The normalized spacial score (nSPS) is 15.8. The Morgan fingerprint density at radius 1 is 0.919 bits per heavy atom. The second-order valence-electron chi connectivity index (χ2n) is 9.35. The van der Waals surface area contributed by atoms with Crippen LogP contribution in [-0.4, -0.2) is 34.0 Å². The smallest absolute Gasteiger partial charge is 0.316 e. The number of nitrogens with zero attached hydrogens (tertiary/aromatic N) is 4. The number of hydrogen-bond acceptors (Lipinski definition) is 3. The summed E-state index contributed by atoms with van der Waals surface area (Å²) in [5.74, 6) is -0.151. The first-order valence-electron chi connectivity index (χ1n) is 12.4. The minimum Gasteiger partial charge on any atom is -0.316 e. The first-order chi connectivity index (χ1) is 18.1. The molecule has 1 aliphatic heterocycles. The van der Waals surface area contributed by atoms with E-state index in [2.05, 4.69) is 16.0 Å².